The van der Waals surface area contributed by atoms with Gasteiger partial charge in [-0.1, -0.05) is 51.9 Å². The van der Waals surface area contributed by atoms with Crippen molar-refractivity contribution in [3.8, 4) is 0 Å². The Balaban J connectivity index is 2.06. The maximum absolute atomic E-state index is 11.9. The normalized spacial score (nSPS) is 17.9. The van der Waals surface area contributed by atoms with Crippen LogP contribution in [0, 0.1) is 11.8 Å². The first-order valence-electron chi connectivity index (χ1n) is 8.73. The van der Waals surface area contributed by atoms with Gasteiger partial charge < -0.3 is 11.1 Å². The number of carbonyl (C=O) groups is 1. The number of hydrogen-bond acceptors (Lipinski definition) is 2. The van der Waals surface area contributed by atoms with E-state index in [1.165, 1.54) is 51.4 Å². The lowest BCUT2D eigenvalue weighted by atomic mass is 9.87. The Morgan fingerprint density at radius 3 is 2.60 bits per heavy atom. The topological polar surface area (TPSA) is 55.1 Å². The van der Waals surface area contributed by atoms with E-state index < -0.39 is 0 Å². The minimum Gasteiger partial charge on any atom is -0.356 e. The van der Waals surface area contributed by atoms with E-state index in [9.17, 15) is 4.79 Å². The number of hydrogen-bond donors (Lipinski definition) is 2. The van der Waals surface area contributed by atoms with Gasteiger partial charge in [-0.05, 0) is 37.6 Å². The highest BCUT2D eigenvalue weighted by atomic mass is 16.1. The standard InChI is InChI=1S/C17H34N2O/c1-2-6-15(11-13-18)9-10-17(20)19-14-12-16-7-4-3-5-8-16/h15-16H,2-14,18H2,1H3,(H,19,20). The summed E-state index contributed by atoms with van der Waals surface area (Å²) in [6.45, 7) is 3.82. The van der Waals surface area contributed by atoms with Crippen LogP contribution in [0.25, 0.3) is 0 Å². The highest BCUT2D eigenvalue weighted by molar-refractivity contribution is 5.75. The molecule has 0 radical (unpaired) electrons. The number of rotatable bonds is 10. The number of nitrogens with two attached hydrogens (primary N) is 1. The molecule has 3 heteroatoms. The molecule has 1 aliphatic rings. The van der Waals surface area contributed by atoms with E-state index in [0.29, 0.717) is 12.3 Å². The molecule has 0 aromatic rings. The molecule has 0 aromatic heterocycles. The van der Waals surface area contributed by atoms with Crippen LogP contribution in [-0.4, -0.2) is 19.0 Å². The maximum Gasteiger partial charge on any atom is 0.220 e. The minimum atomic E-state index is 0.235. The van der Waals surface area contributed by atoms with Crippen molar-refractivity contribution in [3.63, 3.8) is 0 Å². The number of amides is 1. The summed E-state index contributed by atoms with van der Waals surface area (Å²) in [5.41, 5.74) is 5.63. The van der Waals surface area contributed by atoms with Crippen molar-refractivity contribution >= 4 is 5.91 Å². The summed E-state index contributed by atoms with van der Waals surface area (Å²) in [6.07, 6.45) is 13.2. The second-order valence-corrected chi connectivity index (χ2v) is 6.41. The molecule has 3 nitrogen and oxygen atoms in total. The zero-order chi connectivity index (χ0) is 14.6. The molecular formula is C17H34N2O. The quantitative estimate of drug-likeness (QED) is 0.643. The van der Waals surface area contributed by atoms with Crippen LogP contribution < -0.4 is 11.1 Å². The molecule has 118 valence electrons. The van der Waals surface area contributed by atoms with Crippen molar-refractivity contribution in [1.82, 2.24) is 5.32 Å². The molecule has 0 spiro atoms. The van der Waals surface area contributed by atoms with Gasteiger partial charge in [-0.3, -0.25) is 4.79 Å². The molecule has 3 N–H and O–H groups in total. The summed E-state index contributed by atoms with van der Waals surface area (Å²) < 4.78 is 0. The Kier molecular flexibility index (Phi) is 9.73. The highest BCUT2D eigenvalue weighted by Gasteiger charge is 2.14. The second kappa shape index (κ2) is 11.1. The number of carbonyl (C=O) groups excluding carboxylic acids is 1. The first-order chi connectivity index (χ1) is 9.76. The Hall–Kier alpha value is -0.570. The van der Waals surface area contributed by atoms with Crippen molar-refractivity contribution in [1.29, 1.82) is 0 Å². The molecule has 1 unspecified atom stereocenters. The van der Waals surface area contributed by atoms with Crippen molar-refractivity contribution in [3.05, 3.63) is 0 Å². The third-order valence-electron chi connectivity index (χ3n) is 4.65. The largest absolute Gasteiger partial charge is 0.356 e. The molecule has 1 saturated carbocycles. The average molecular weight is 282 g/mol. The van der Waals surface area contributed by atoms with E-state index in [2.05, 4.69) is 12.2 Å². The van der Waals surface area contributed by atoms with Crippen molar-refractivity contribution in [2.45, 2.75) is 77.6 Å². The number of nitrogens with one attached hydrogen (secondary N) is 1. The molecule has 0 bridgehead atoms. The van der Waals surface area contributed by atoms with Crippen LogP contribution in [0.2, 0.25) is 0 Å². The van der Waals surface area contributed by atoms with Crippen molar-refractivity contribution in [2.75, 3.05) is 13.1 Å². The van der Waals surface area contributed by atoms with E-state index >= 15 is 0 Å². The van der Waals surface area contributed by atoms with Crippen LogP contribution in [0.5, 0.6) is 0 Å². The summed E-state index contributed by atoms with van der Waals surface area (Å²) in [4.78, 5) is 11.9. The summed E-state index contributed by atoms with van der Waals surface area (Å²) in [7, 11) is 0. The third-order valence-corrected chi connectivity index (χ3v) is 4.65. The van der Waals surface area contributed by atoms with E-state index in [1.54, 1.807) is 0 Å². The summed E-state index contributed by atoms with van der Waals surface area (Å²) in [5.74, 6) is 1.72. The highest BCUT2D eigenvalue weighted by Crippen LogP contribution is 2.25. The lowest BCUT2D eigenvalue weighted by Gasteiger charge is -2.21. The zero-order valence-corrected chi connectivity index (χ0v) is 13.3. The van der Waals surface area contributed by atoms with Gasteiger partial charge in [-0.25, -0.2) is 0 Å². The van der Waals surface area contributed by atoms with E-state index in [-0.39, 0.29) is 5.91 Å². The first-order valence-corrected chi connectivity index (χ1v) is 8.73. The van der Waals surface area contributed by atoms with Gasteiger partial charge in [0.25, 0.3) is 0 Å². The molecule has 0 aromatic carbocycles. The van der Waals surface area contributed by atoms with Gasteiger partial charge in [0.15, 0.2) is 0 Å². The molecule has 1 fully saturated rings. The third kappa shape index (κ3) is 7.88. The fourth-order valence-corrected chi connectivity index (χ4v) is 3.39. The maximum atomic E-state index is 11.9. The lowest BCUT2D eigenvalue weighted by Crippen LogP contribution is -2.26. The van der Waals surface area contributed by atoms with Crippen LogP contribution in [0.1, 0.15) is 77.6 Å². The van der Waals surface area contributed by atoms with Gasteiger partial charge in [-0.2, -0.15) is 0 Å². The first kappa shape index (κ1) is 17.5. The van der Waals surface area contributed by atoms with Crippen molar-refractivity contribution in [2.24, 2.45) is 17.6 Å². The minimum absolute atomic E-state index is 0.235. The Labute approximate surface area is 125 Å². The molecule has 1 rings (SSSR count). The van der Waals surface area contributed by atoms with Crippen LogP contribution in [-0.2, 0) is 4.79 Å². The summed E-state index contributed by atoms with van der Waals surface area (Å²) >= 11 is 0. The van der Waals surface area contributed by atoms with Crippen LogP contribution in [0.15, 0.2) is 0 Å². The molecule has 1 amide bonds. The van der Waals surface area contributed by atoms with Gasteiger partial charge in [-0.15, -0.1) is 0 Å². The average Bonchev–Trinajstić information content (AvgIpc) is 2.46. The Morgan fingerprint density at radius 1 is 1.20 bits per heavy atom. The Morgan fingerprint density at radius 2 is 1.95 bits per heavy atom. The predicted octanol–water partition coefficient (Wildman–Crippen LogP) is 3.62. The molecule has 0 aliphatic heterocycles. The van der Waals surface area contributed by atoms with Gasteiger partial charge in [0.05, 0.1) is 0 Å². The summed E-state index contributed by atoms with van der Waals surface area (Å²) in [5, 5.41) is 3.10. The van der Waals surface area contributed by atoms with Crippen molar-refractivity contribution < 1.29 is 4.79 Å². The molecule has 1 aliphatic carbocycles. The SMILES string of the molecule is CCCC(CCN)CCC(=O)NCCC1CCCCC1. The van der Waals surface area contributed by atoms with Gasteiger partial charge in [0, 0.05) is 13.0 Å². The zero-order valence-electron chi connectivity index (χ0n) is 13.3. The predicted molar refractivity (Wildman–Crippen MR) is 85.5 cm³/mol. The molecule has 20 heavy (non-hydrogen) atoms. The molecule has 0 heterocycles. The molecule has 0 saturated heterocycles. The van der Waals surface area contributed by atoms with Crippen LogP contribution in [0.4, 0.5) is 0 Å². The fourth-order valence-electron chi connectivity index (χ4n) is 3.39. The van der Waals surface area contributed by atoms with Gasteiger partial charge >= 0.3 is 0 Å². The van der Waals surface area contributed by atoms with E-state index in [1.807, 2.05) is 0 Å². The second-order valence-electron chi connectivity index (χ2n) is 6.41. The van der Waals surface area contributed by atoms with Crippen LogP contribution >= 0.6 is 0 Å². The fraction of sp³-hybridized carbons (Fsp3) is 0.941. The van der Waals surface area contributed by atoms with Crippen LogP contribution in [0.3, 0.4) is 0 Å². The Bertz CT molecular complexity index is 243. The monoisotopic (exact) mass is 282 g/mol. The van der Waals surface area contributed by atoms with Gasteiger partial charge in [0.1, 0.15) is 0 Å². The lowest BCUT2D eigenvalue weighted by molar-refractivity contribution is -0.121. The summed E-state index contributed by atoms with van der Waals surface area (Å²) in [6, 6.07) is 0. The molecular weight excluding hydrogens is 248 g/mol. The van der Waals surface area contributed by atoms with Gasteiger partial charge in [0.2, 0.25) is 5.91 Å². The van der Waals surface area contributed by atoms with E-state index in [4.69, 9.17) is 5.73 Å². The smallest absolute Gasteiger partial charge is 0.220 e. The molecule has 1 atom stereocenters. The van der Waals surface area contributed by atoms with E-state index in [0.717, 1.165) is 31.8 Å².